The van der Waals surface area contributed by atoms with Crippen molar-refractivity contribution in [1.29, 1.82) is 0 Å². The van der Waals surface area contributed by atoms with Crippen molar-refractivity contribution in [3.63, 3.8) is 0 Å². The van der Waals surface area contributed by atoms with Crippen molar-refractivity contribution in [2.75, 3.05) is 12.3 Å². The lowest BCUT2D eigenvalue weighted by atomic mass is 10.1. The van der Waals surface area contributed by atoms with Gasteiger partial charge < -0.3 is 10.2 Å². The predicted octanol–water partition coefficient (Wildman–Crippen LogP) is 3.04. The van der Waals surface area contributed by atoms with Crippen LogP contribution in [0, 0.1) is 0 Å². The molecule has 0 atom stereocenters. The van der Waals surface area contributed by atoms with Gasteiger partial charge in [-0.15, -0.1) is 0 Å². The van der Waals surface area contributed by atoms with Gasteiger partial charge in [0.1, 0.15) is 11.3 Å². The normalized spacial score (nSPS) is 12.4. The van der Waals surface area contributed by atoms with Crippen LogP contribution in [0.3, 0.4) is 0 Å². The molecule has 1 aromatic rings. The third kappa shape index (κ3) is 1.84. The van der Waals surface area contributed by atoms with E-state index in [-0.39, 0.29) is 0 Å². The summed E-state index contributed by atoms with van der Waals surface area (Å²) in [5.41, 5.74) is 8.35. The van der Waals surface area contributed by atoms with E-state index in [1.54, 1.807) is 0 Å². The first-order valence-electron chi connectivity index (χ1n) is 6.00. The van der Waals surface area contributed by atoms with Crippen LogP contribution in [0.25, 0.3) is 22.3 Å². The minimum atomic E-state index is 0.708. The van der Waals surface area contributed by atoms with E-state index >= 15 is 0 Å². The van der Waals surface area contributed by atoms with Gasteiger partial charge in [-0.2, -0.15) is 0 Å². The molecule has 0 aromatic heterocycles. The highest BCUT2D eigenvalue weighted by Crippen LogP contribution is 2.27. The molecular weight excluding hydrogens is 224 g/mol. The van der Waals surface area contributed by atoms with E-state index < -0.39 is 0 Å². The average molecular weight is 238 g/mol. The molecule has 18 heavy (non-hydrogen) atoms. The Morgan fingerprint density at radius 2 is 2.00 bits per heavy atom. The molecule has 0 saturated carbocycles. The van der Waals surface area contributed by atoms with Gasteiger partial charge in [-0.3, -0.25) is 4.99 Å². The molecule has 0 saturated heterocycles. The largest absolute Gasteiger partial charge is 0.456 e. The van der Waals surface area contributed by atoms with Crippen molar-refractivity contribution in [3.8, 4) is 11.3 Å². The Morgan fingerprint density at radius 1 is 1.11 bits per heavy atom. The van der Waals surface area contributed by atoms with Gasteiger partial charge in [-0.1, -0.05) is 0 Å². The zero-order valence-electron chi connectivity index (χ0n) is 10.2. The van der Waals surface area contributed by atoms with E-state index in [0.29, 0.717) is 5.69 Å². The fourth-order valence-corrected chi connectivity index (χ4v) is 2.06. The van der Waals surface area contributed by atoms with E-state index in [9.17, 15) is 0 Å². The summed E-state index contributed by atoms with van der Waals surface area (Å²) in [6.45, 7) is 2.79. The van der Waals surface area contributed by atoms with Gasteiger partial charge in [0.15, 0.2) is 0 Å². The number of anilines is 1. The third-order valence-electron chi connectivity index (χ3n) is 2.91. The average Bonchev–Trinajstić information content (AvgIpc) is 2.36. The van der Waals surface area contributed by atoms with Gasteiger partial charge >= 0.3 is 0 Å². The molecule has 3 rings (SSSR count). The maximum absolute atomic E-state index is 5.87. The Kier molecular flexibility index (Phi) is 2.52. The lowest BCUT2D eigenvalue weighted by Gasteiger charge is -2.07. The van der Waals surface area contributed by atoms with E-state index in [4.69, 9.17) is 10.2 Å². The second-order valence-electron chi connectivity index (χ2n) is 4.24. The zero-order chi connectivity index (χ0) is 12.5. The van der Waals surface area contributed by atoms with Crippen molar-refractivity contribution < 1.29 is 4.42 Å². The topological polar surface area (TPSA) is 51.5 Å². The number of nitrogens with zero attached hydrogens (tertiary/aromatic N) is 1. The van der Waals surface area contributed by atoms with Crippen molar-refractivity contribution in [1.82, 2.24) is 0 Å². The minimum Gasteiger partial charge on any atom is -0.456 e. The molecule has 2 aliphatic rings. The third-order valence-corrected chi connectivity index (χ3v) is 2.91. The molecule has 0 unspecified atom stereocenters. The fraction of sp³-hybridized carbons (Fsp3) is 0.133. The van der Waals surface area contributed by atoms with Crippen LogP contribution in [-0.2, 0) is 0 Å². The molecule has 1 aliphatic heterocycles. The molecular formula is C15H14N2O. The molecule has 0 spiro atoms. The molecule has 1 aliphatic carbocycles. The van der Waals surface area contributed by atoms with Crippen molar-refractivity contribution in [3.05, 3.63) is 47.8 Å². The number of fused-ring (bicyclic) bond motifs is 2. The first kappa shape index (κ1) is 10.8. The van der Waals surface area contributed by atoms with Gasteiger partial charge in [0.25, 0.3) is 0 Å². The predicted molar refractivity (Wildman–Crippen MR) is 73.4 cm³/mol. The van der Waals surface area contributed by atoms with Crippen molar-refractivity contribution in [2.24, 2.45) is 4.99 Å². The molecule has 90 valence electrons. The van der Waals surface area contributed by atoms with Crippen LogP contribution >= 0.6 is 0 Å². The summed E-state index contributed by atoms with van der Waals surface area (Å²) in [5.74, 6) is 0.836. The molecule has 1 heterocycles. The van der Waals surface area contributed by atoms with E-state index in [0.717, 1.165) is 34.2 Å². The Morgan fingerprint density at radius 3 is 2.83 bits per heavy atom. The van der Waals surface area contributed by atoms with Crippen molar-refractivity contribution >= 4 is 16.7 Å². The highest BCUT2D eigenvalue weighted by molar-refractivity contribution is 5.84. The smallest absolute Gasteiger partial charge is 0.136 e. The molecule has 0 amide bonds. The summed E-state index contributed by atoms with van der Waals surface area (Å²) in [7, 11) is 0. The van der Waals surface area contributed by atoms with Crippen LogP contribution in [0.2, 0.25) is 0 Å². The second-order valence-corrected chi connectivity index (χ2v) is 4.24. The maximum Gasteiger partial charge on any atom is 0.136 e. The molecule has 3 heteroatoms. The van der Waals surface area contributed by atoms with Gasteiger partial charge in [0.05, 0.1) is 5.36 Å². The van der Waals surface area contributed by atoms with Crippen LogP contribution < -0.4 is 11.1 Å². The Balaban J connectivity index is 2.33. The quantitative estimate of drug-likeness (QED) is 0.523. The SMILES string of the molecule is CCN=c1ccc2cc3ccc(N)cc3oc-2c1. The van der Waals surface area contributed by atoms with E-state index in [1.165, 1.54) is 0 Å². The molecule has 0 bridgehead atoms. The Labute approximate surface area is 105 Å². The maximum atomic E-state index is 5.87. The summed E-state index contributed by atoms with van der Waals surface area (Å²) < 4.78 is 5.87. The molecule has 3 nitrogen and oxygen atoms in total. The monoisotopic (exact) mass is 238 g/mol. The van der Waals surface area contributed by atoms with Crippen molar-refractivity contribution in [2.45, 2.75) is 6.92 Å². The van der Waals surface area contributed by atoms with E-state index in [1.807, 2.05) is 43.3 Å². The van der Waals surface area contributed by atoms with Crippen LogP contribution in [0.5, 0.6) is 0 Å². The van der Waals surface area contributed by atoms with Crippen LogP contribution in [0.4, 0.5) is 5.69 Å². The summed E-state index contributed by atoms with van der Waals surface area (Å²) in [4.78, 5) is 4.37. The van der Waals surface area contributed by atoms with Gasteiger partial charge in [0, 0.05) is 35.3 Å². The summed E-state index contributed by atoms with van der Waals surface area (Å²) in [5, 5.41) is 1.99. The van der Waals surface area contributed by atoms with E-state index in [2.05, 4.69) is 11.1 Å². The standard InChI is InChI=1S/C15H14N2O/c1-2-17-13-6-4-11-7-10-3-5-12(16)8-14(10)18-15(11)9-13/h3-9H,2,16H2,1H3. The van der Waals surface area contributed by atoms with Crippen LogP contribution in [-0.4, -0.2) is 6.54 Å². The summed E-state index contributed by atoms with van der Waals surface area (Å²) >= 11 is 0. The number of rotatable bonds is 1. The van der Waals surface area contributed by atoms with Crippen LogP contribution in [0.1, 0.15) is 6.92 Å². The molecule has 0 radical (unpaired) electrons. The van der Waals surface area contributed by atoms with Crippen LogP contribution in [0.15, 0.2) is 51.9 Å². The second kappa shape index (κ2) is 4.18. The summed E-state index contributed by atoms with van der Waals surface area (Å²) in [6.07, 6.45) is 0. The highest BCUT2D eigenvalue weighted by atomic mass is 16.3. The fourth-order valence-electron chi connectivity index (χ4n) is 2.06. The van der Waals surface area contributed by atoms with Gasteiger partial charge in [-0.25, -0.2) is 0 Å². The molecule has 0 fully saturated rings. The minimum absolute atomic E-state index is 0.708. The molecule has 1 aromatic carbocycles. The first-order valence-corrected chi connectivity index (χ1v) is 6.00. The zero-order valence-corrected chi connectivity index (χ0v) is 10.2. The number of nitrogens with two attached hydrogens (primary N) is 1. The first-order chi connectivity index (χ1) is 8.76. The summed E-state index contributed by atoms with van der Waals surface area (Å²) in [6, 6.07) is 13.8. The Bertz CT molecular complexity index is 743. The lowest BCUT2D eigenvalue weighted by molar-refractivity contribution is 0.618. The molecule has 2 N–H and O–H groups in total. The number of hydrogen-bond donors (Lipinski definition) is 1. The lowest BCUT2D eigenvalue weighted by Crippen LogP contribution is -2.01. The number of nitrogen functional groups attached to an aromatic ring is 1. The number of hydrogen-bond acceptors (Lipinski definition) is 3. The number of benzene rings is 2. The Hall–Kier alpha value is -2.29. The van der Waals surface area contributed by atoms with Gasteiger partial charge in [0.2, 0.25) is 0 Å². The van der Waals surface area contributed by atoms with Gasteiger partial charge in [-0.05, 0) is 37.3 Å². The highest BCUT2D eigenvalue weighted by Gasteiger charge is 2.06.